The largest absolute Gasteiger partial charge is 0.493 e. The van der Waals surface area contributed by atoms with Gasteiger partial charge in [0, 0.05) is 31.1 Å². The summed E-state index contributed by atoms with van der Waals surface area (Å²) in [5.41, 5.74) is 5.55. The van der Waals surface area contributed by atoms with Crippen molar-refractivity contribution in [1.82, 2.24) is 10.6 Å². The minimum Gasteiger partial charge on any atom is -0.493 e. The molecule has 22 heavy (non-hydrogen) atoms. The Morgan fingerprint density at radius 3 is 2.91 bits per heavy atom. The van der Waals surface area contributed by atoms with Crippen molar-refractivity contribution in [2.45, 2.75) is 12.5 Å². The van der Waals surface area contributed by atoms with Crippen molar-refractivity contribution >= 4 is 11.8 Å². The number of rotatable bonds is 7. The maximum absolute atomic E-state index is 11.7. The minimum absolute atomic E-state index is 0.0529. The highest BCUT2D eigenvalue weighted by molar-refractivity contribution is 5.93. The van der Waals surface area contributed by atoms with Crippen molar-refractivity contribution in [2.75, 3.05) is 26.2 Å². The predicted octanol–water partition coefficient (Wildman–Crippen LogP) is -0.749. The molecule has 1 fully saturated rings. The lowest BCUT2D eigenvalue weighted by molar-refractivity contribution is -0.121. The van der Waals surface area contributed by atoms with Gasteiger partial charge < -0.3 is 26.2 Å². The molecule has 2 amide bonds. The average molecular weight is 307 g/mol. The zero-order valence-corrected chi connectivity index (χ0v) is 12.2. The lowest BCUT2D eigenvalue weighted by atomic mass is 10.1. The molecule has 1 saturated heterocycles. The van der Waals surface area contributed by atoms with E-state index < -0.39 is 12.0 Å². The molecule has 7 nitrogen and oxygen atoms in total. The van der Waals surface area contributed by atoms with Crippen molar-refractivity contribution in [2.24, 2.45) is 11.7 Å². The molecule has 0 spiro atoms. The number of carbonyl (C=O) groups excluding carboxylic acids is 2. The Labute approximate surface area is 128 Å². The fourth-order valence-corrected chi connectivity index (χ4v) is 2.26. The number of ether oxygens (including phenoxy) is 1. The highest BCUT2D eigenvalue weighted by Gasteiger charge is 2.24. The molecule has 7 heteroatoms. The summed E-state index contributed by atoms with van der Waals surface area (Å²) in [6.45, 7) is 1.93. The summed E-state index contributed by atoms with van der Waals surface area (Å²) >= 11 is 0. The van der Waals surface area contributed by atoms with Crippen LogP contribution in [0.25, 0.3) is 0 Å². The van der Waals surface area contributed by atoms with Crippen molar-refractivity contribution in [3.63, 3.8) is 0 Å². The second-order valence-corrected chi connectivity index (χ2v) is 5.28. The molecule has 120 valence electrons. The van der Waals surface area contributed by atoms with Crippen LogP contribution in [0.4, 0.5) is 0 Å². The number of nitrogens with one attached hydrogen (secondary N) is 2. The zero-order valence-electron chi connectivity index (χ0n) is 12.2. The van der Waals surface area contributed by atoms with E-state index in [1.807, 2.05) is 0 Å². The summed E-state index contributed by atoms with van der Waals surface area (Å²) < 4.78 is 5.43. The van der Waals surface area contributed by atoms with Crippen LogP contribution in [0, 0.1) is 5.92 Å². The summed E-state index contributed by atoms with van der Waals surface area (Å²) in [6.07, 6.45) is -0.204. The molecule has 1 aromatic rings. The van der Waals surface area contributed by atoms with Crippen LogP contribution in [0.15, 0.2) is 24.3 Å². The molecule has 1 heterocycles. The lowest BCUT2D eigenvalue weighted by Crippen LogP contribution is -2.34. The molecule has 0 aromatic heterocycles. The summed E-state index contributed by atoms with van der Waals surface area (Å²) in [4.78, 5) is 22.8. The highest BCUT2D eigenvalue weighted by atomic mass is 16.5. The van der Waals surface area contributed by atoms with E-state index >= 15 is 0 Å². The van der Waals surface area contributed by atoms with Gasteiger partial charge in [0.15, 0.2) is 0 Å². The van der Waals surface area contributed by atoms with Crippen molar-refractivity contribution in [3.05, 3.63) is 29.8 Å². The van der Waals surface area contributed by atoms with Gasteiger partial charge in [0.2, 0.25) is 11.8 Å². The van der Waals surface area contributed by atoms with Gasteiger partial charge in [-0.05, 0) is 18.2 Å². The Balaban J connectivity index is 1.68. The number of hydrogen-bond donors (Lipinski definition) is 4. The van der Waals surface area contributed by atoms with Gasteiger partial charge in [-0.2, -0.15) is 0 Å². The number of hydrogen-bond acceptors (Lipinski definition) is 5. The van der Waals surface area contributed by atoms with Crippen LogP contribution in [0.2, 0.25) is 0 Å². The van der Waals surface area contributed by atoms with Crippen LogP contribution in [0.3, 0.4) is 0 Å². The zero-order chi connectivity index (χ0) is 15.9. The van der Waals surface area contributed by atoms with Gasteiger partial charge in [0.05, 0.1) is 19.1 Å². The number of carbonyl (C=O) groups is 2. The Kier molecular flexibility index (Phi) is 5.74. The Morgan fingerprint density at radius 1 is 1.41 bits per heavy atom. The number of aliphatic hydroxyl groups is 1. The molecule has 0 saturated carbocycles. The highest BCUT2D eigenvalue weighted by Crippen LogP contribution is 2.13. The molecule has 1 aliphatic rings. The monoisotopic (exact) mass is 307 g/mol. The molecule has 2 atom stereocenters. The van der Waals surface area contributed by atoms with Crippen LogP contribution in [0.5, 0.6) is 5.75 Å². The number of benzene rings is 1. The normalized spacial score (nSPS) is 20.6. The Morgan fingerprint density at radius 2 is 2.23 bits per heavy atom. The first kappa shape index (κ1) is 16.3. The first-order valence-electron chi connectivity index (χ1n) is 7.24. The van der Waals surface area contributed by atoms with Gasteiger partial charge in [0.25, 0.3) is 0 Å². The molecule has 0 aliphatic carbocycles. The second kappa shape index (κ2) is 7.77. The average Bonchev–Trinajstić information content (AvgIpc) is 2.91. The number of primary amides is 1. The van der Waals surface area contributed by atoms with Gasteiger partial charge in [-0.1, -0.05) is 6.07 Å². The van der Waals surface area contributed by atoms with Gasteiger partial charge in [0.1, 0.15) is 5.75 Å². The third-order valence-corrected chi connectivity index (χ3v) is 3.58. The molecule has 1 aliphatic heterocycles. The van der Waals surface area contributed by atoms with E-state index in [0.717, 1.165) is 0 Å². The van der Waals surface area contributed by atoms with Crippen LogP contribution in [-0.2, 0) is 4.79 Å². The summed E-state index contributed by atoms with van der Waals surface area (Å²) in [5, 5.41) is 15.5. The van der Waals surface area contributed by atoms with Gasteiger partial charge in [-0.25, -0.2) is 0 Å². The second-order valence-electron chi connectivity index (χ2n) is 5.28. The smallest absolute Gasteiger partial charge is 0.248 e. The molecule has 0 bridgehead atoms. The van der Waals surface area contributed by atoms with Crippen molar-refractivity contribution in [1.29, 1.82) is 0 Å². The molecule has 5 N–H and O–H groups in total. The third kappa shape index (κ3) is 4.71. The minimum atomic E-state index is -0.521. The van der Waals surface area contributed by atoms with E-state index in [1.54, 1.807) is 24.3 Å². The maximum Gasteiger partial charge on any atom is 0.248 e. The Hall–Kier alpha value is -2.12. The number of β-amino-alcohol motifs (C(OH)–C–C–N with tert-alkyl or cyclic N) is 1. The fraction of sp³-hybridized carbons (Fsp3) is 0.467. The molecular formula is C15H21N3O4. The van der Waals surface area contributed by atoms with Crippen LogP contribution < -0.4 is 21.1 Å². The molecule has 1 aromatic carbocycles. The van der Waals surface area contributed by atoms with Crippen LogP contribution in [-0.4, -0.2) is 49.3 Å². The predicted molar refractivity (Wildman–Crippen MR) is 80.4 cm³/mol. The van der Waals surface area contributed by atoms with Gasteiger partial charge in [-0.3, -0.25) is 9.59 Å². The lowest BCUT2D eigenvalue weighted by Gasteiger charge is -2.14. The summed E-state index contributed by atoms with van der Waals surface area (Å²) in [7, 11) is 0. The first-order valence-corrected chi connectivity index (χ1v) is 7.24. The molecule has 2 rings (SSSR count). The van der Waals surface area contributed by atoms with E-state index in [2.05, 4.69) is 10.6 Å². The van der Waals surface area contributed by atoms with E-state index in [0.29, 0.717) is 30.9 Å². The van der Waals surface area contributed by atoms with Crippen LogP contribution in [0.1, 0.15) is 16.8 Å². The molecular weight excluding hydrogens is 286 g/mol. The van der Waals surface area contributed by atoms with Crippen LogP contribution >= 0.6 is 0 Å². The van der Waals surface area contributed by atoms with Gasteiger partial charge >= 0.3 is 0 Å². The SMILES string of the molecule is NC(=O)c1cccc(OCCC(=O)NCC2CNCC2O)c1. The maximum atomic E-state index is 11.7. The van der Waals surface area contributed by atoms with E-state index in [4.69, 9.17) is 10.5 Å². The quantitative estimate of drug-likeness (QED) is 0.529. The standard InChI is InChI=1S/C15H21N3O4/c16-15(21)10-2-1-3-12(6-10)22-5-4-14(20)18-8-11-7-17-9-13(11)19/h1-3,6,11,13,17,19H,4-5,7-9H2,(H2,16,21)(H,18,20). The van der Waals surface area contributed by atoms with E-state index in [-0.39, 0.29) is 24.9 Å². The van der Waals surface area contributed by atoms with Crippen molar-refractivity contribution < 1.29 is 19.4 Å². The fourth-order valence-electron chi connectivity index (χ4n) is 2.26. The van der Waals surface area contributed by atoms with E-state index in [1.165, 1.54) is 0 Å². The number of nitrogens with two attached hydrogens (primary N) is 1. The Bertz CT molecular complexity index is 535. The van der Waals surface area contributed by atoms with Crippen molar-refractivity contribution in [3.8, 4) is 5.75 Å². The molecule has 2 unspecified atom stereocenters. The topological polar surface area (TPSA) is 114 Å². The number of aliphatic hydroxyl groups excluding tert-OH is 1. The summed E-state index contributed by atoms with van der Waals surface area (Å²) in [5.74, 6) is -0.103. The first-order chi connectivity index (χ1) is 10.6. The third-order valence-electron chi connectivity index (χ3n) is 3.58. The molecule has 0 radical (unpaired) electrons. The number of amides is 2. The van der Waals surface area contributed by atoms with E-state index in [9.17, 15) is 14.7 Å². The summed E-state index contributed by atoms with van der Waals surface area (Å²) in [6, 6.07) is 6.51. The van der Waals surface area contributed by atoms with Gasteiger partial charge in [-0.15, -0.1) is 0 Å².